The van der Waals surface area contributed by atoms with Crippen molar-refractivity contribution in [3.63, 3.8) is 0 Å². The summed E-state index contributed by atoms with van der Waals surface area (Å²) in [7, 11) is 0. The molecular formula is C111H69N7. The monoisotopic (exact) mass is 1500 g/mol. The van der Waals surface area contributed by atoms with Crippen LogP contribution < -0.4 is 0 Å². The quantitative estimate of drug-likeness (QED) is 0.140. The molecule has 0 unspecified atom stereocenters. The van der Waals surface area contributed by atoms with Gasteiger partial charge in [0.25, 0.3) is 0 Å². The van der Waals surface area contributed by atoms with Crippen molar-refractivity contribution in [2.24, 2.45) is 0 Å². The van der Waals surface area contributed by atoms with Gasteiger partial charge < -0.3 is 0 Å². The van der Waals surface area contributed by atoms with Crippen LogP contribution in [0.5, 0.6) is 0 Å². The average Bonchev–Trinajstić information content (AvgIpc) is 0.754. The summed E-state index contributed by atoms with van der Waals surface area (Å²) in [4.78, 5) is 32.3. The zero-order valence-corrected chi connectivity index (χ0v) is 64.0. The Labute approximate surface area is 679 Å². The van der Waals surface area contributed by atoms with Crippen molar-refractivity contribution in [3.8, 4) is 89.4 Å². The Morgan fingerprint density at radius 3 is 0.915 bits per heavy atom. The number of fused-ring (bicyclic) bond motifs is 22. The fourth-order valence-electron chi connectivity index (χ4n) is 17.8. The summed E-state index contributed by atoms with van der Waals surface area (Å²) in [5.41, 5.74) is 20.9. The van der Waals surface area contributed by atoms with Crippen molar-refractivity contribution in [2.75, 3.05) is 0 Å². The highest BCUT2D eigenvalue weighted by Crippen LogP contribution is 2.44. The molecule has 0 aliphatic rings. The smallest absolute Gasteiger partial charge is 0.0708 e. The fraction of sp³-hybridized carbons (Fsp3) is 0. The minimum atomic E-state index is 0.942. The van der Waals surface area contributed by atoms with E-state index in [-0.39, 0.29) is 0 Å². The molecule has 0 N–H and O–H groups in total. The highest BCUT2D eigenvalue weighted by Gasteiger charge is 2.18. The Kier molecular flexibility index (Phi) is 17.1. The molecule has 0 aliphatic carbocycles. The topological polar surface area (TPSA) is 90.2 Å². The van der Waals surface area contributed by atoms with Gasteiger partial charge in [0.15, 0.2) is 0 Å². The molecule has 17 aromatic carbocycles. The molecule has 7 nitrogen and oxygen atoms in total. The zero-order valence-electron chi connectivity index (χ0n) is 64.0. The summed E-state index contributed by atoms with van der Waals surface area (Å²) >= 11 is 0. The summed E-state index contributed by atoms with van der Waals surface area (Å²) < 4.78 is 0. The van der Waals surface area contributed by atoms with Crippen molar-refractivity contribution in [1.29, 1.82) is 0 Å². The van der Waals surface area contributed by atoms with Crippen molar-refractivity contribution in [1.82, 2.24) is 34.9 Å². The number of hydrogen-bond acceptors (Lipinski definition) is 7. The number of aromatic nitrogens is 7. The average molecular weight is 1500 g/mol. The van der Waals surface area contributed by atoms with E-state index in [2.05, 4.69) is 372 Å². The third-order valence-corrected chi connectivity index (χ3v) is 23.5. The number of rotatable bonds is 8. The lowest BCUT2D eigenvalue weighted by molar-refractivity contribution is 1.33. The Morgan fingerprint density at radius 1 is 0.136 bits per heavy atom. The van der Waals surface area contributed by atoms with E-state index in [1.807, 2.05) is 67.8 Å². The predicted octanol–water partition coefficient (Wildman–Crippen LogP) is 29.2. The van der Waals surface area contributed by atoms with Gasteiger partial charge in [0, 0.05) is 87.8 Å². The van der Waals surface area contributed by atoms with Crippen molar-refractivity contribution in [3.05, 3.63) is 420 Å². The van der Waals surface area contributed by atoms with E-state index < -0.39 is 0 Å². The van der Waals surface area contributed by atoms with Crippen LogP contribution in [0, 0.1) is 0 Å². The van der Waals surface area contributed by atoms with Gasteiger partial charge >= 0.3 is 0 Å². The molecule has 0 radical (unpaired) electrons. The maximum Gasteiger partial charge on any atom is 0.0708 e. The molecule has 0 atom stereocenters. The van der Waals surface area contributed by atoms with Gasteiger partial charge in [-0.3, -0.25) is 34.9 Å². The Hall–Kier alpha value is -15.8. The molecular weight excluding hydrogens is 1430 g/mol. The van der Waals surface area contributed by atoms with Crippen LogP contribution in [0.2, 0.25) is 0 Å². The summed E-state index contributed by atoms with van der Waals surface area (Å²) in [5, 5.41) is 28.6. The van der Waals surface area contributed by atoms with E-state index in [1.54, 1.807) is 0 Å². The fourth-order valence-corrected chi connectivity index (χ4v) is 17.8. The summed E-state index contributed by atoms with van der Waals surface area (Å²) in [5.74, 6) is 0. The molecule has 0 saturated heterocycles. The first kappa shape index (κ1) is 68.9. The SMILES string of the molecule is c1cc(-c2ccc3cnccc3c2)cc(-c2ccc3c4ccccc4c4ccccc4c3c2)c1.c1cc(-c2ccnc(-c3ccc4c5ccc(-c6cc(-c7cccc8ncccc78)ccn6)cc5c5ccccc5c4c3)c2)c2cccnc2c1.c1cnc2cc(-c3ccnc(-c4ccc5c6ccccc6c6ccccc6c5c4)c3)ccc2c1. The minimum absolute atomic E-state index is 0.942. The van der Waals surface area contributed by atoms with Crippen molar-refractivity contribution >= 4 is 140 Å². The molecule has 7 aromatic heterocycles. The normalized spacial score (nSPS) is 11.6. The highest BCUT2D eigenvalue weighted by molar-refractivity contribution is 6.29. The molecule has 24 aromatic rings. The minimum Gasteiger partial charge on any atom is -0.264 e. The molecule has 7 heteroatoms. The van der Waals surface area contributed by atoms with Crippen LogP contribution in [0.25, 0.3) is 230 Å². The first-order valence-corrected chi connectivity index (χ1v) is 39.9. The molecule has 0 amide bonds. The van der Waals surface area contributed by atoms with Gasteiger partial charge in [0.05, 0.1) is 33.6 Å². The first-order valence-electron chi connectivity index (χ1n) is 39.9. The molecule has 0 bridgehead atoms. The maximum absolute atomic E-state index is 4.83. The van der Waals surface area contributed by atoms with E-state index in [0.717, 1.165) is 105 Å². The van der Waals surface area contributed by atoms with E-state index in [1.165, 1.54) is 125 Å². The molecule has 118 heavy (non-hydrogen) atoms. The second-order valence-electron chi connectivity index (χ2n) is 30.2. The lowest BCUT2D eigenvalue weighted by Gasteiger charge is -2.14. The molecule has 548 valence electrons. The predicted molar refractivity (Wildman–Crippen MR) is 495 cm³/mol. The van der Waals surface area contributed by atoms with E-state index >= 15 is 0 Å². The van der Waals surface area contributed by atoms with Gasteiger partial charge in [-0.15, -0.1) is 0 Å². The Balaban J connectivity index is 0.000000110. The van der Waals surface area contributed by atoms with Gasteiger partial charge in [-0.1, -0.05) is 255 Å². The molecule has 24 rings (SSSR count). The number of benzene rings is 17. The van der Waals surface area contributed by atoms with Gasteiger partial charge in [0.1, 0.15) is 0 Å². The van der Waals surface area contributed by atoms with Crippen molar-refractivity contribution in [2.45, 2.75) is 0 Å². The highest BCUT2D eigenvalue weighted by atomic mass is 14.7. The maximum atomic E-state index is 4.83. The largest absolute Gasteiger partial charge is 0.264 e. The second kappa shape index (κ2) is 29.3. The van der Waals surface area contributed by atoms with Crippen LogP contribution >= 0.6 is 0 Å². The first-order chi connectivity index (χ1) is 58.5. The lowest BCUT2D eigenvalue weighted by atomic mass is 9.91. The van der Waals surface area contributed by atoms with Crippen LogP contribution in [0.15, 0.2) is 420 Å². The third kappa shape index (κ3) is 12.5. The number of pyridine rings is 7. The van der Waals surface area contributed by atoms with Crippen molar-refractivity contribution < 1.29 is 0 Å². The van der Waals surface area contributed by atoms with E-state index in [0.29, 0.717) is 0 Å². The van der Waals surface area contributed by atoms with Gasteiger partial charge in [-0.2, -0.15) is 0 Å². The molecule has 0 saturated carbocycles. The standard InChI is InChI=1S/C46H28N4.C33H21N.C32H20N2/c1-2-8-36-35(7-1)41-25-31(45-27-29(19-23-49-45)33-9-3-13-43-39(33)11-5-21-47-43)15-17-37(41)38-18-16-32(26-42(36)38)46-28-30(20-24-50-46)34-10-4-14-44-40(34)12-6-22-48-44;1-2-10-30-28(8-1)29-9-3-4-11-31(29)33-20-25(14-15-32(30)33)23-7-5-6-22(18-23)24-12-13-27-21-34-17-16-26(27)19-24;1-2-9-27-25(7-1)26-8-3-4-10-28(26)30-18-24(13-14-29(27)30)32-20-23(15-17-34-32)22-12-11-21-6-5-16-33-31(21)19-22/h1-28H;1-21H;1-20H. The van der Waals surface area contributed by atoms with E-state index in [4.69, 9.17) is 15.0 Å². The van der Waals surface area contributed by atoms with Crippen LogP contribution in [-0.2, 0) is 0 Å². The number of nitrogens with zero attached hydrogens (tertiary/aromatic N) is 7. The van der Waals surface area contributed by atoms with Crippen LogP contribution in [0.1, 0.15) is 0 Å². The summed E-state index contributed by atoms with van der Waals surface area (Å²) in [6.07, 6.45) is 15.0. The van der Waals surface area contributed by atoms with Gasteiger partial charge in [-0.25, -0.2) is 0 Å². The third-order valence-electron chi connectivity index (χ3n) is 23.5. The van der Waals surface area contributed by atoms with Crippen LogP contribution in [-0.4, -0.2) is 34.9 Å². The van der Waals surface area contributed by atoms with Gasteiger partial charge in [0.2, 0.25) is 0 Å². The second-order valence-corrected chi connectivity index (χ2v) is 30.2. The Morgan fingerprint density at radius 2 is 0.458 bits per heavy atom. The molecule has 0 aliphatic heterocycles. The van der Waals surface area contributed by atoms with E-state index in [9.17, 15) is 0 Å². The molecule has 0 fully saturated rings. The zero-order chi connectivity index (χ0) is 78.0. The van der Waals surface area contributed by atoms with Crippen LogP contribution in [0.3, 0.4) is 0 Å². The van der Waals surface area contributed by atoms with Gasteiger partial charge in [-0.05, 0) is 273 Å². The molecule has 7 heterocycles. The molecule has 0 spiro atoms. The number of hydrogen-bond donors (Lipinski definition) is 0. The Bertz CT molecular complexity index is 7600. The summed E-state index contributed by atoms with van der Waals surface area (Å²) in [6, 6.07) is 132. The summed E-state index contributed by atoms with van der Waals surface area (Å²) in [6.45, 7) is 0. The lowest BCUT2D eigenvalue weighted by Crippen LogP contribution is -1.90. The van der Waals surface area contributed by atoms with Crippen LogP contribution in [0.4, 0.5) is 0 Å².